The van der Waals surface area contributed by atoms with Gasteiger partial charge in [-0.25, -0.2) is 4.79 Å². The number of carbonyl (C=O) groups is 3. The zero-order chi connectivity index (χ0) is 20.1. The topological polar surface area (TPSA) is 93.7 Å². The van der Waals surface area contributed by atoms with E-state index in [-0.39, 0.29) is 70.7 Å². The smallest absolute Gasteiger partial charge is 0.490 e. The average molecular weight is 467 g/mol. The van der Waals surface area contributed by atoms with E-state index in [0.29, 0.717) is 0 Å². The SMILES string of the molecule is COC(=O)[CH-]NC(=O)C(C)NC(=O)OCC1c2ccccc2-c2ccccc21.[Rb+]. The number of rotatable bonds is 6. The van der Waals surface area contributed by atoms with Gasteiger partial charge in [0.25, 0.3) is 0 Å². The number of hydrogen-bond acceptors (Lipinski definition) is 5. The number of ether oxygens (including phenoxy) is 2. The number of nitrogens with one attached hydrogen (secondary N) is 2. The van der Waals surface area contributed by atoms with Crippen molar-refractivity contribution in [3.63, 3.8) is 0 Å². The molecule has 1 aliphatic carbocycles. The fourth-order valence-corrected chi connectivity index (χ4v) is 3.20. The summed E-state index contributed by atoms with van der Waals surface area (Å²) < 4.78 is 9.77. The zero-order valence-corrected chi connectivity index (χ0v) is 21.5. The first-order valence-electron chi connectivity index (χ1n) is 8.84. The first-order chi connectivity index (χ1) is 13.5. The van der Waals surface area contributed by atoms with Gasteiger partial charge in [-0.3, -0.25) is 9.59 Å². The number of amides is 2. The van der Waals surface area contributed by atoms with Crippen LogP contribution in [0.3, 0.4) is 0 Å². The third-order valence-corrected chi connectivity index (χ3v) is 4.60. The van der Waals surface area contributed by atoms with Gasteiger partial charge < -0.3 is 20.1 Å². The number of hydrogen-bond donors (Lipinski definition) is 2. The summed E-state index contributed by atoms with van der Waals surface area (Å²) in [4.78, 5) is 35.0. The first kappa shape index (κ1) is 23.6. The van der Waals surface area contributed by atoms with E-state index in [4.69, 9.17) is 4.74 Å². The second kappa shape index (κ2) is 10.9. The van der Waals surface area contributed by atoms with Gasteiger partial charge in [-0.1, -0.05) is 48.5 Å². The van der Waals surface area contributed by atoms with Gasteiger partial charge in [0, 0.05) is 5.92 Å². The number of alkyl carbamates (subject to hydrolysis) is 1. The Hall–Kier alpha value is -1.67. The molecule has 0 saturated heterocycles. The summed E-state index contributed by atoms with van der Waals surface area (Å²) in [6.45, 7) is 2.53. The van der Waals surface area contributed by atoms with Crippen LogP contribution >= 0.6 is 0 Å². The normalized spacial score (nSPS) is 12.5. The molecule has 29 heavy (non-hydrogen) atoms. The average Bonchev–Trinajstić information content (AvgIpc) is 3.04. The van der Waals surface area contributed by atoms with Gasteiger partial charge in [-0.15, -0.1) is 0 Å². The Kier molecular flexibility index (Phi) is 8.89. The molecule has 146 valence electrons. The summed E-state index contributed by atoms with van der Waals surface area (Å²) >= 11 is 0. The molecule has 7 nitrogen and oxygen atoms in total. The molecule has 2 N–H and O–H groups in total. The van der Waals surface area contributed by atoms with Crippen molar-refractivity contribution in [1.82, 2.24) is 10.6 Å². The molecular formula is C21H21N2O5Rb. The van der Waals surface area contributed by atoms with Crippen molar-refractivity contribution >= 4 is 18.0 Å². The predicted molar refractivity (Wildman–Crippen MR) is 102 cm³/mol. The molecule has 1 unspecified atom stereocenters. The number of fused-ring (bicyclic) bond motifs is 3. The van der Waals surface area contributed by atoms with Gasteiger partial charge in [0.2, 0.25) is 5.91 Å². The van der Waals surface area contributed by atoms with Crippen LogP contribution < -0.4 is 68.8 Å². The monoisotopic (exact) mass is 466 g/mol. The van der Waals surface area contributed by atoms with Crippen LogP contribution in [-0.2, 0) is 19.1 Å². The van der Waals surface area contributed by atoms with E-state index in [1.165, 1.54) is 14.0 Å². The van der Waals surface area contributed by atoms with Crippen molar-refractivity contribution in [3.8, 4) is 11.1 Å². The quantitative estimate of drug-likeness (QED) is 0.437. The van der Waals surface area contributed by atoms with Crippen LogP contribution in [0, 0.1) is 6.54 Å². The van der Waals surface area contributed by atoms with Gasteiger partial charge in [0.15, 0.2) is 5.97 Å². The van der Waals surface area contributed by atoms with Crippen molar-refractivity contribution < 1.29 is 82.0 Å². The molecule has 1 atom stereocenters. The van der Waals surface area contributed by atoms with Crippen molar-refractivity contribution in [2.45, 2.75) is 18.9 Å². The van der Waals surface area contributed by atoms with Crippen LogP contribution in [0.15, 0.2) is 48.5 Å². The number of methoxy groups -OCH3 is 1. The molecule has 0 radical (unpaired) electrons. The molecular weight excluding hydrogens is 446 g/mol. The second-order valence-corrected chi connectivity index (χ2v) is 6.37. The van der Waals surface area contributed by atoms with Crippen LogP contribution in [0.25, 0.3) is 11.1 Å². The van der Waals surface area contributed by atoms with Crippen LogP contribution in [0.4, 0.5) is 4.79 Å². The van der Waals surface area contributed by atoms with Crippen molar-refractivity contribution in [2.24, 2.45) is 0 Å². The molecule has 0 aromatic heterocycles. The molecule has 3 rings (SSSR count). The molecule has 0 spiro atoms. The van der Waals surface area contributed by atoms with E-state index in [0.717, 1.165) is 28.8 Å². The standard InChI is InChI=1S/C21H21N2O5.Rb/c1-13(20(25)22-11-19(24)27-2)23-21(26)28-12-18-16-9-5-3-7-14(16)15-8-4-6-10-17(15)18;/h3-11,13,18H,12H2,1-2H3,(H,22,25)(H,23,26);/q-1;+1. The molecule has 2 aromatic rings. The van der Waals surface area contributed by atoms with E-state index in [9.17, 15) is 14.4 Å². The fourth-order valence-electron chi connectivity index (χ4n) is 3.20. The Morgan fingerprint density at radius 1 is 1.03 bits per heavy atom. The Labute approximate surface area is 218 Å². The minimum atomic E-state index is -0.878. The van der Waals surface area contributed by atoms with Gasteiger partial charge in [-0.2, -0.15) is 6.54 Å². The van der Waals surface area contributed by atoms with Gasteiger partial charge >= 0.3 is 64.3 Å². The molecule has 2 amide bonds. The summed E-state index contributed by atoms with van der Waals surface area (Å²) in [5.74, 6) is -1.31. The molecule has 8 heteroatoms. The van der Waals surface area contributed by atoms with E-state index in [2.05, 4.69) is 27.5 Å². The van der Waals surface area contributed by atoms with Gasteiger partial charge in [0.1, 0.15) is 12.6 Å². The largest absolute Gasteiger partial charge is 1.00 e. The van der Waals surface area contributed by atoms with E-state index in [1.807, 2.05) is 36.4 Å². The summed E-state index contributed by atoms with van der Waals surface area (Å²) in [5.41, 5.74) is 4.49. The Balaban J connectivity index is 0.00000300. The maximum absolute atomic E-state index is 12.1. The second-order valence-electron chi connectivity index (χ2n) is 6.37. The van der Waals surface area contributed by atoms with Crippen LogP contribution in [0.2, 0.25) is 0 Å². The van der Waals surface area contributed by atoms with E-state index < -0.39 is 24.0 Å². The zero-order valence-electron chi connectivity index (χ0n) is 16.6. The summed E-state index contributed by atoms with van der Waals surface area (Å²) in [5, 5.41) is 4.70. The van der Waals surface area contributed by atoms with Crippen LogP contribution in [0.1, 0.15) is 24.0 Å². The summed E-state index contributed by atoms with van der Waals surface area (Å²) in [6, 6.07) is 15.2. The van der Waals surface area contributed by atoms with E-state index >= 15 is 0 Å². The van der Waals surface area contributed by atoms with Crippen molar-refractivity contribution in [3.05, 3.63) is 66.2 Å². The molecule has 0 saturated carbocycles. The molecule has 0 heterocycles. The minimum absolute atomic E-state index is 0. The molecule has 0 fully saturated rings. The third-order valence-electron chi connectivity index (χ3n) is 4.60. The number of esters is 1. The summed E-state index contributed by atoms with van der Waals surface area (Å²) in [7, 11) is 1.20. The van der Waals surface area contributed by atoms with Crippen LogP contribution in [-0.4, -0.2) is 37.7 Å². The summed E-state index contributed by atoms with van der Waals surface area (Å²) in [6.07, 6.45) is -0.706. The van der Waals surface area contributed by atoms with Crippen LogP contribution in [0.5, 0.6) is 0 Å². The van der Waals surface area contributed by atoms with Crippen molar-refractivity contribution in [2.75, 3.05) is 13.7 Å². The Morgan fingerprint density at radius 2 is 1.59 bits per heavy atom. The fraction of sp³-hybridized carbons (Fsp3) is 0.238. The van der Waals surface area contributed by atoms with Gasteiger partial charge in [0.05, 0.1) is 7.11 Å². The maximum Gasteiger partial charge on any atom is 1.00 e. The third kappa shape index (κ3) is 5.69. The predicted octanol–water partition coefficient (Wildman–Crippen LogP) is -0.631. The maximum atomic E-state index is 12.1. The Bertz CT molecular complexity index is 857. The van der Waals surface area contributed by atoms with Crippen molar-refractivity contribution in [1.29, 1.82) is 0 Å². The number of benzene rings is 2. The molecule has 0 bridgehead atoms. The molecule has 2 aromatic carbocycles. The molecule has 0 aliphatic heterocycles. The minimum Gasteiger partial charge on any atom is -0.490 e. The molecule has 1 aliphatic rings. The van der Waals surface area contributed by atoms with E-state index in [1.54, 1.807) is 0 Å². The first-order valence-corrected chi connectivity index (χ1v) is 8.84. The Morgan fingerprint density at radius 3 is 2.14 bits per heavy atom. The number of carbonyl (C=O) groups excluding carboxylic acids is 3. The van der Waals surface area contributed by atoms with Gasteiger partial charge in [-0.05, 0) is 29.2 Å².